The second-order valence-electron chi connectivity index (χ2n) is 6.61. The van der Waals surface area contributed by atoms with Crippen molar-refractivity contribution in [1.29, 1.82) is 0 Å². The van der Waals surface area contributed by atoms with Gasteiger partial charge in [-0.2, -0.15) is 0 Å². The number of hydrogen-bond donors (Lipinski definition) is 0. The first-order valence-electron chi connectivity index (χ1n) is 8.34. The van der Waals surface area contributed by atoms with Gasteiger partial charge in [-0.25, -0.2) is 0 Å². The average molecular weight is 330 g/mol. The number of rotatable bonds is 4. The normalized spacial score (nSPS) is 19.0. The molecule has 24 heavy (non-hydrogen) atoms. The highest BCUT2D eigenvalue weighted by Crippen LogP contribution is 2.27. The number of imide groups is 1. The van der Waals surface area contributed by atoms with Crippen molar-refractivity contribution in [3.05, 3.63) is 35.4 Å². The minimum Gasteiger partial charge on any atom is -0.378 e. The van der Waals surface area contributed by atoms with Crippen molar-refractivity contribution in [3.63, 3.8) is 0 Å². The molecule has 1 atom stereocenters. The van der Waals surface area contributed by atoms with Gasteiger partial charge in [-0.3, -0.25) is 19.3 Å². The molecule has 3 rings (SSSR count). The number of amides is 3. The van der Waals surface area contributed by atoms with Gasteiger partial charge in [0.1, 0.15) is 6.04 Å². The summed E-state index contributed by atoms with van der Waals surface area (Å²) in [5, 5.41) is 0. The molecule has 1 saturated heterocycles. The Bertz CT molecular complexity index is 630. The SMILES string of the molecule is CC(C)C[C@@H](C(=O)N1CCOCC1)N1C(=O)c2ccccc2C1=O. The Kier molecular flexibility index (Phi) is 4.66. The van der Waals surface area contributed by atoms with Crippen molar-refractivity contribution in [3.8, 4) is 0 Å². The van der Waals surface area contributed by atoms with E-state index in [9.17, 15) is 14.4 Å². The lowest BCUT2D eigenvalue weighted by Gasteiger charge is -2.34. The van der Waals surface area contributed by atoms with Crippen molar-refractivity contribution in [1.82, 2.24) is 9.80 Å². The molecule has 1 aromatic rings. The van der Waals surface area contributed by atoms with Crippen molar-refractivity contribution in [2.24, 2.45) is 5.92 Å². The number of ether oxygens (including phenoxy) is 1. The molecule has 1 fully saturated rings. The molecule has 0 N–H and O–H groups in total. The quantitative estimate of drug-likeness (QED) is 0.786. The molecule has 0 saturated carbocycles. The number of benzene rings is 1. The van der Waals surface area contributed by atoms with Crippen LogP contribution in [-0.2, 0) is 9.53 Å². The third-order valence-electron chi connectivity index (χ3n) is 4.44. The molecule has 0 spiro atoms. The molecule has 2 aliphatic heterocycles. The van der Waals surface area contributed by atoms with E-state index in [2.05, 4.69) is 0 Å². The van der Waals surface area contributed by atoms with Gasteiger partial charge in [0.05, 0.1) is 24.3 Å². The highest BCUT2D eigenvalue weighted by atomic mass is 16.5. The standard InChI is InChI=1S/C18H22N2O4/c1-12(2)11-15(18(23)19-7-9-24-10-8-19)20-16(21)13-5-3-4-6-14(13)17(20)22/h3-6,12,15H,7-11H2,1-2H3/t15-/m0/s1. The van der Waals surface area contributed by atoms with Crippen LogP contribution in [0.5, 0.6) is 0 Å². The summed E-state index contributed by atoms with van der Waals surface area (Å²) in [6.07, 6.45) is 0.460. The zero-order valence-electron chi connectivity index (χ0n) is 14.0. The molecule has 0 bridgehead atoms. The van der Waals surface area contributed by atoms with E-state index in [1.165, 1.54) is 0 Å². The summed E-state index contributed by atoms with van der Waals surface area (Å²) in [7, 11) is 0. The van der Waals surface area contributed by atoms with Crippen LogP contribution in [-0.4, -0.2) is 59.9 Å². The third kappa shape index (κ3) is 2.94. The molecule has 0 aliphatic carbocycles. The van der Waals surface area contributed by atoms with Crippen LogP contribution in [0.4, 0.5) is 0 Å². The summed E-state index contributed by atoms with van der Waals surface area (Å²) >= 11 is 0. The maximum absolute atomic E-state index is 13.0. The molecular weight excluding hydrogens is 308 g/mol. The fourth-order valence-corrected chi connectivity index (χ4v) is 3.25. The molecule has 128 valence electrons. The van der Waals surface area contributed by atoms with Gasteiger partial charge in [0.2, 0.25) is 5.91 Å². The van der Waals surface area contributed by atoms with Crippen LogP contribution < -0.4 is 0 Å². The minimum atomic E-state index is -0.754. The van der Waals surface area contributed by atoms with E-state index in [1.807, 2.05) is 13.8 Å². The Hall–Kier alpha value is -2.21. The first-order chi connectivity index (χ1) is 11.5. The van der Waals surface area contributed by atoms with Gasteiger partial charge in [-0.15, -0.1) is 0 Å². The molecule has 2 heterocycles. The lowest BCUT2D eigenvalue weighted by Crippen LogP contribution is -2.53. The summed E-state index contributed by atoms with van der Waals surface area (Å²) in [6.45, 7) is 5.94. The summed E-state index contributed by atoms with van der Waals surface area (Å²) < 4.78 is 5.29. The number of nitrogens with zero attached hydrogens (tertiary/aromatic N) is 2. The highest BCUT2D eigenvalue weighted by Gasteiger charge is 2.44. The van der Waals surface area contributed by atoms with Gasteiger partial charge < -0.3 is 9.64 Å². The molecule has 0 unspecified atom stereocenters. The Morgan fingerprint density at radius 2 is 1.62 bits per heavy atom. The summed E-state index contributed by atoms with van der Waals surface area (Å²) in [4.78, 5) is 41.3. The maximum Gasteiger partial charge on any atom is 0.262 e. The number of carbonyl (C=O) groups is 3. The van der Waals surface area contributed by atoms with Gasteiger partial charge >= 0.3 is 0 Å². The summed E-state index contributed by atoms with van der Waals surface area (Å²) in [5.41, 5.74) is 0.761. The first-order valence-corrected chi connectivity index (χ1v) is 8.34. The fourth-order valence-electron chi connectivity index (χ4n) is 3.25. The first kappa shape index (κ1) is 16.6. The molecule has 6 nitrogen and oxygen atoms in total. The zero-order chi connectivity index (χ0) is 17.3. The van der Waals surface area contributed by atoms with Crippen LogP contribution >= 0.6 is 0 Å². The third-order valence-corrected chi connectivity index (χ3v) is 4.44. The second-order valence-corrected chi connectivity index (χ2v) is 6.61. The molecule has 1 aromatic carbocycles. The van der Waals surface area contributed by atoms with E-state index in [-0.39, 0.29) is 23.6 Å². The van der Waals surface area contributed by atoms with Gasteiger partial charge in [0, 0.05) is 13.1 Å². The van der Waals surface area contributed by atoms with E-state index in [4.69, 9.17) is 4.74 Å². The number of fused-ring (bicyclic) bond motifs is 1. The Labute approximate surface area is 141 Å². The van der Waals surface area contributed by atoms with Gasteiger partial charge in [0.25, 0.3) is 11.8 Å². The lowest BCUT2D eigenvalue weighted by molar-refractivity contribution is -0.140. The van der Waals surface area contributed by atoms with Gasteiger partial charge in [-0.05, 0) is 24.5 Å². The van der Waals surface area contributed by atoms with Gasteiger partial charge in [-0.1, -0.05) is 26.0 Å². The number of hydrogen-bond acceptors (Lipinski definition) is 4. The molecule has 0 aromatic heterocycles. The summed E-state index contributed by atoms with van der Waals surface area (Å²) in [5.74, 6) is -0.725. The fraction of sp³-hybridized carbons (Fsp3) is 0.500. The van der Waals surface area contributed by atoms with Crippen LogP contribution in [0.25, 0.3) is 0 Å². The number of carbonyl (C=O) groups excluding carboxylic acids is 3. The van der Waals surface area contributed by atoms with Crippen molar-refractivity contribution in [2.75, 3.05) is 26.3 Å². The molecular formula is C18H22N2O4. The van der Waals surface area contributed by atoms with Crippen molar-refractivity contribution < 1.29 is 19.1 Å². The van der Waals surface area contributed by atoms with Crippen LogP contribution in [0.2, 0.25) is 0 Å². The molecule has 3 amide bonds. The predicted octanol–water partition coefficient (Wildman–Crippen LogP) is 1.56. The Morgan fingerprint density at radius 1 is 1.08 bits per heavy atom. The van der Waals surface area contributed by atoms with E-state index >= 15 is 0 Å². The summed E-state index contributed by atoms with van der Waals surface area (Å²) in [6, 6.07) is 5.99. The van der Waals surface area contributed by atoms with Crippen LogP contribution in [0.15, 0.2) is 24.3 Å². The average Bonchev–Trinajstić information content (AvgIpc) is 2.84. The predicted molar refractivity (Wildman–Crippen MR) is 87.6 cm³/mol. The topological polar surface area (TPSA) is 66.9 Å². The van der Waals surface area contributed by atoms with E-state index in [0.29, 0.717) is 43.9 Å². The Balaban J connectivity index is 1.90. The van der Waals surface area contributed by atoms with Crippen molar-refractivity contribution >= 4 is 17.7 Å². The maximum atomic E-state index is 13.0. The van der Waals surface area contributed by atoms with Crippen molar-refractivity contribution in [2.45, 2.75) is 26.3 Å². The Morgan fingerprint density at radius 3 is 2.12 bits per heavy atom. The largest absolute Gasteiger partial charge is 0.378 e. The van der Waals surface area contributed by atoms with E-state index < -0.39 is 6.04 Å². The highest BCUT2D eigenvalue weighted by molar-refractivity contribution is 6.22. The van der Waals surface area contributed by atoms with Crippen LogP contribution in [0.1, 0.15) is 41.0 Å². The molecule has 6 heteroatoms. The lowest BCUT2D eigenvalue weighted by atomic mass is 10.0. The van der Waals surface area contributed by atoms with Gasteiger partial charge in [0.15, 0.2) is 0 Å². The smallest absolute Gasteiger partial charge is 0.262 e. The number of morpholine rings is 1. The second kappa shape index (κ2) is 6.73. The van der Waals surface area contributed by atoms with E-state index in [1.54, 1.807) is 29.2 Å². The van der Waals surface area contributed by atoms with Crippen LogP contribution in [0.3, 0.4) is 0 Å². The zero-order valence-corrected chi connectivity index (χ0v) is 14.0. The van der Waals surface area contributed by atoms with E-state index in [0.717, 1.165) is 4.90 Å². The minimum absolute atomic E-state index is 0.165. The van der Waals surface area contributed by atoms with Crippen LogP contribution in [0, 0.1) is 5.92 Å². The molecule has 2 aliphatic rings. The molecule has 0 radical (unpaired) electrons. The monoisotopic (exact) mass is 330 g/mol.